The van der Waals surface area contributed by atoms with Crippen LogP contribution in [0.15, 0.2) is 18.6 Å². The third-order valence-electron chi connectivity index (χ3n) is 2.91. The minimum Gasteiger partial charge on any atom is -0.329 e. The molecule has 0 aliphatic heterocycles. The van der Waals surface area contributed by atoms with Crippen molar-refractivity contribution in [3.8, 4) is 0 Å². The van der Waals surface area contributed by atoms with Gasteiger partial charge in [0.2, 0.25) is 0 Å². The van der Waals surface area contributed by atoms with Gasteiger partial charge < -0.3 is 5.73 Å². The molecule has 1 heterocycles. The number of aromatic nitrogens is 2. The fourth-order valence-corrected chi connectivity index (χ4v) is 1.94. The van der Waals surface area contributed by atoms with Crippen LogP contribution in [0.3, 0.4) is 0 Å². The molecule has 1 saturated carbocycles. The summed E-state index contributed by atoms with van der Waals surface area (Å²) in [6.07, 6.45) is 7.89. The second-order valence-electron chi connectivity index (χ2n) is 4.06. The van der Waals surface area contributed by atoms with Crippen LogP contribution in [0.4, 0.5) is 0 Å². The lowest BCUT2D eigenvalue weighted by molar-refractivity contribution is 0.202. The van der Waals surface area contributed by atoms with Crippen molar-refractivity contribution in [3.05, 3.63) is 24.3 Å². The molecule has 0 bridgehead atoms. The third kappa shape index (κ3) is 2.52. The molecule has 82 valence electrons. The first-order chi connectivity index (χ1) is 7.33. The average Bonchev–Trinajstić information content (AvgIpc) is 3.10. The van der Waals surface area contributed by atoms with Gasteiger partial charge in [-0.3, -0.25) is 14.9 Å². The first-order valence-electron chi connectivity index (χ1n) is 5.54. The van der Waals surface area contributed by atoms with Gasteiger partial charge in [0, 0.05) is 37.7 Å². The Bertz CT molecular complexity index is 297. The maximum atomic E-state index is 5.63. The van der Waals surface area contributed by atoms with Crippen LogP contribution in [0.5, 0.6) is 0 Å². The Hall–Kier alpha value is -1.00. The molecule has 1 aliphatic carbocycles. The summed E-state index contributed by atoms with van der Waals surface area (Å²) in [5, 5.41) is 0. The second kappa shape index (κ2) is 4.68. The van der Waals surface area contributed by atoms with Gasteiger partial charge in [-0.05, 0) is 19.8 Å². The van der Waals surface area contributed by atoms with Crippen molar-refractivity contribution in [2.24, 2.45) is 5.73 Å². The quantitative estimate of drug-likeness (QED) is 0.779. The van der Waals surface area contributed by atoms with E-state index in [-0.39, 0.29) is 0 Å². The summed E-state index contributed by atoms with van der Waals surface area (Å²) in [5.41, 5.74) is 6.67. The number of hydrogen-bond acceptors (Lipinski definition) is 4. The number of rotatable bonds is 5. The molecule has 0 unspecified atom stereocenters. The van der Waals surface area contributed by atoms with Gasteiger partial charge in [-0.15, -0.1) is 0 Å². The summed E-state index contributed by atoms with van der Waals surface area (Å²) in [4.78, 5) is 10.9. The molecule has 0 amide bonds. The van der Waals surface area contributed by atoms with Crippen molar-refractivity contribution in [2.45, 2.75) is 31.8 Å². The van der Waals surface area contributed by atoms with E-state index in [0.29, 0.717) is 18.6 Å². The van der Waals surface area contributed by atoms with Crippen LogP contribution in [0.2, 0.25) is 0 Å². The molecular weight excluding hydrogens is 188 g/mol. The first-order valence-corrected chi connectivity index (χ1v) is 5.54. The van der Waals surface area contributed by atoms with E-state index in [1.165, 1.54) is 12.8 Å². The summed E-state index contributed by atoms with van der Waals surface area (Å²) in [7, 11) is 0. The molecule has 4 heteroatoms. The van der Waals surface area contributed by atoms with Crippen molar-refractivity contribution in [3.63, 3.8) is 0 Å². The normalized spacial score (nSPS) is 18.1. The zero-order chi connectivity index (χ0) is 10.7. The van der Waals surface area contributed by atoms with E-state index in [1.807, 2.05) is 6.20 Å². The molecule has 2 N–H and O–H groups in total. The second-order valence-corrected chi connectivity index (χ2v) is 4.06. The van der Waals surface area contributed by atoms with Crippen LogP contribution in [-0.4, -0.2) is 34.0 Å². The minimum absolute atomic E-state index is 0.328. The molecule has 0 saturated heterocycles. The highest BCUT2D eigenvalue weighted by atomic mass is 15.2. The minimum atomic E-state index is 0.328. The largest absolute Gasteiger partial charge is 0.329 e. The van der Waals surface area contributed by atoms with E-state index >= 15 is 0 Å². The molecule has 1 atom stereocenters. The average molecular weight is 206 g/mol. The molecule has 0 radical (unpaired) electrons. The van der Waals surface area contributed by atoms with Crippen LogP contribution < -0.4 is 5.73 Å². The van der Waals surface area contributed by atoms with Crippen LogP contribution in [0.25, 0.3) is 0 Å². The molecule has 0 aromatic carbocycles. The lowest BCUT2D eigenvalue weighted by Crippen LogP contribution is -2.34. The van der Waals surface area contributed by atoms with Crippen molar-refractivity contribution in [2.75, 3.05) is 13.1 Å². The van der Waals surface area contributed by atoms with Crippen molar-refractivity contribution < 1.29 is 0 Å². The first kappa shape index (κ1) is 10.5. The van der Waals surface area contributed by atoms with Gasteiger partial charge in [-0.1, -0.05) is 0 Å². The van der Waals surface area contributed by atoms with Gasteiger partial charge in [-0.2, -0.15) is 0 Å². The van der Waals surface area contributed by atoms with Gasteiger partial charge in [0.05, 0.1) is 11.7 Å². The lowest BCUT2D eigenvalue weighted by Gasteiger charge is -2.27. The molecule has 1 aliphatic rings. The van der Waals surface area contributed by atoms with E-state index in [0.717, 1.165) is 12.2 Å². The summed E-state index contributed by atoms with van der Waals surface area (Å²) in [6, 6.07) is 1.04. The zero-order valence-corrected chi connectivity index (χ0v) is 9.13. The molecule has 1 aromatic rings. The fraction of sp³-hybridized carbons (Fsp3) is 0.636. The van der Waals surface area contributed by atoms with Crippen LogP contribution in [0, 0.1) is 0 Å². The van der Waals surface area contributed by atoms with Gasteiger partial charge in [0.1, 0.15) is 0 Å². The predicted molar refractivity (Wildman–Crippen MR) is 59.2 cm³/mol. The maximum absolute atomic E-state index is 5.63. The Morgan fingerprint density at radius 2 is 2.33 bits per heavy atom. The highest BCUT2D eigenvalue weighted by molar-refractivity contribution is 5.03. The van der Waals surface area contributed by atoms with Crippen LogP contribution >= 0.6 is 0 Å². The number of nitrogens with zero attached hydrogens (tertiary/aromatic N) is 3. The van der Waals surface area contributed by atoms with Crippen molar-refractivity contribution in [1.82, 2.24) is 14.9 Å². The summed E-state index contributed by atoms with van der Waals surface area (Å²) in [6.45, 7) is 3.83. The molecule has 2 rings (SSSR count). The summed E-state index contributed by atoms with van der Waals surface area (Å²) in [5.74, 6) is 0. The van der Waals surface area contributed by atoms with Crippen LogP contribution in [-0.2, 0) is 0 Å². The van der Waals surface area contributed by atoms with E-state index in [4.69, 9.17) is 5.73 Å². The van der Waals surface area contributed by atoms with Crippen LogP contribution in [0.1, 0.15) is 31.5 Å². The number of hydrogen-bond donors (Lipinski definition) is 1. The Balaban J connectivity index is 2.07. The van der Waals surface area contributed by atoms with E-state index in [1.54, 1.807) is 12.4 Å². The SMILES string of the molecule is C[C@@H](c1cnccn1)N(CCN)C1CC1. The Morgan fingerprint density at radius 1 is 1.53 bits per heavy atom. The molecule has 15 heavy (non-hydrogen) atoms. The lowest BCUT2D eigenvalue weighted by atomic mass is 10.2. The standard InChI is InChI=1S/C11H18N4/c1-9(11-8-13-5-6-14-11)15(7-4-12)10-2-3-10/h5-6,8-10H,2-4,7,12H2,1H3/t9-/m0/s1. The number of nitrogens with two attached hydrogens (primary N) is 1. The topological polar surface area (TPSA) is 55.0 Å². The highest BCUT2D eigenvalue weighted by Gasteiger charge is 2.32. The van der Waals surface area contributed by atoms with Gasteiger partial charge in [-0.25, -0.2) is 0 Å². The molecular formula is C11H18N4. The van der Waals surface area contributed by atoms with Gasteiger partial charge >= 0.3 is 0 Å². The van der Waals surface area contributed by atoms with Gasteiger partial charge in [0.15, 0.2) is 0 Å². The molecule has 1 aromatic heterocycles. The Labute approximate surface area is 90.5 Å². The summed E-state index contributed by atoms with van der Waals surface area (Å²) >= 11 is 0. The summed E-state index contributed by atoms with van der Waals surface area (Å²) < 4.78 is 0. The predicted octanol–water partition coefficient (Wildman–Crippen LogP) is 0.961. The monoisotopic (exact) mass is 206 g/mol. The Kier molecular flexibility index (Phi) is 3.28. The van der Waals surface area contributed by atoms with E-state index in [2.05, 4.69) is 21.8 Å². The molecule has 0 spiro atoms. The zero-order valence-electron chi connectivity index (χ0n) is 9.13. The molecule has 4 nitrogen and oxygen atoms in total. The highest BCUT2D eigenvalue weighted by Crippen LogP contribution is 2.32. The molecule has 1 fully saturated rings. The Morgan fingerprint density at radius 3 is 2.87 bits per heavy atom. The smallest absolute Gasteiger partial charge is 0.0755 e. The third-order valence-corrected chi connectivity index (χ3v) is 2.91. The van der Waals surface area contributed by atoms with Gasteiger partial charge in [0.25, 0.3) is 0 Å². The van der Waals surface area contributed by atoms with Crippen molar-refractivity contribution in [1.29, 1.82) is 0 Å². The fourth-order valence-electron chi connectivity index (χ4n) is 1.94. The van der Waals surface area contributed by atoms with E-state index < -0.39 is 0 Å². The maximum Gasteiger partial charge on any atom is 0.0755 e. The van der Waals surface area contributed by atoms with E-state index in [9.17, 15) is 0 Å². The van der Waals surface area contributed by atoms with Crippen molar-refractivity contribution >= 4 is 0 Å².